The molecular formula is C25H34F3N7O3. The number of para-hydroxylation sites is 1. The summed E-state index contributed by atoms with van der Waals surface area (Å²) in [5.74, 6) is -0.380. The lowest BCUT2D eigenvalue weighted by Gasteiger charge is -2.36. The van der Waals surface area contributed by atoms with E-state index in [9.17, 15) is 23.3 Å². The highest BCUT2D eigenvalue weighted by molar-refractivity contribution is 5.58. The molecule has 0 atom stereocenters. The number of alkyl halides is 3. The summed E-state index contributed by atoms with van der Waals surface area (Å²) in [6.07, 6.45) is 0.645. The van der Waals surface area contributed by atoms with Crippen LogP contribution in [0.3, 0.4) is 0 Å². The first-order valence-corrected chi connectivity index (χ1v) is 12.9. The van der Waals surface area contributed by atoms with Crippen molar-refractivity contribution in [1.82, 2.24) is 19.8 Å². The highest BCUT2D eigenvalue weighted by Gasteiger charge is 2.33. The summed E-state index contributed by atoms with van der Waals surface area (Å²) in [5, 5.41) is 14.6. The smallest absolute Gasteiger partial charge is 0.405 e. The van der Waals surface area contributed by atoms with Gasteiger partial charge in [0.25, 0.3) is 0 Å². The molecule has 1 aliphatic carbocycles. The highest BCUT2D eigenvalue weighted by atomic mass is 19.4. The summed E-state index contributed by atoms with van der Waals surface area (Å²) < 4.78 is 42.3. The Morgan fingerprint density at radius 2 is 1.87 bits per heavy atom. The van der Waals surface area contributed by atoms with Gasteiger partial charge in [-0.1, -0.05) is 18.2 Å². The topological polar surface area (TPSA) is 123 Å². The Kier molecular flexibility index (Phi) is 8.87. The molecule has 4 rings (SSSR count). The number of ether oxygens (including phenoxy) is 1. The van der Waals surface area contributed by atoms with Gasteiger partial charge in [0.15, 0.2) is 0 Å². The number of benzene rings is 1. The maximum atomic E-state index is 12.7. The number of nitrogens with two attached hydrogens (primary N) is 1. The van der Waals surface area contributed by atoms with Gasteiger partial charge in [0, 0.05) is 31.2 Å². The molecule has 0 radical (unpaired) electrons. The number of hydrogen-bond acceptors (Lipinski definition) is 9. The molecule has 2 fully saturated rings. The van der Waals surface area contributed by atoms with Crippen molar-refractivity contribution in [1.29, 1.82) is 0 Å². The molecule has 0 bridgehead atoms. The molecular weight excluding hydrogens is 503 g/mol. The van der Waals surface area contributed by atoms with E-state index in [0.717, 1.165) is 58.3 Å². The number of nitro groups is 1. The van der Waals surface area contributed by atoms with Gasteiger partial charge in [-0.25, -0.2) is 4.98 Å². The average Bonchev–Trinajstić information content (AvgIpc) is 3.07. The standard InChI is InChI=1S/C25H34F3N7O3/c1-33-11-4-12-34(14-13-33)19-9-7-17(8-10-19)15-20-22(35(36)37)23(29)32-24(31-20)30-16-18-5-2-3-6-21(18)38-25(26,27)28/h2-3,5-6,17,19H,4,7-16H2,1H3,(H3,29,30,31,32)/t17-,19-. The summed E-state index contributed by atoms with van der Waals surface area (Å²) in [4.78, 5) is 24.5. The number of rotatable bonds is 8. The fourth-order valence-electron chi connectivity index (χ4n) is 5.41. The molecule has 0 spiro atoms. The van der Waals surface area contributed by atoms with Crippen LogP contribution in [-0.2, 0) is 13.0 Å². The third kappa shape index (κ3) is 7.44. The van der Waals surface area contributed by atoms with Gasteiger partial charge in [0.2, 0.25) is 11.8 Å². The van der Waals surface area contributed by atoms with Crippen molar-refractivity contribution in [3.8, 4) is 5.75 Å². The van der Waals surface area contributed by atoms with Crippen molar-refractivity contribution in [3.05, 3.63) is 45.6 Å². The molecule has 2 aliphatic rings. The number of nitrogen functional groups attached to an aromatic ring is 1. The van der Waals surface area contributed by atoms with Gasteiger partial charge in [0.1, 0.15) is 11.4 Å². The second-order valence-electron chi connectivity index (χ2n) is 10.1. The number of anilines is 2. The molecule has 1 aliphatic heterocycles. The van der Waals surface area contributed by atoms with Crippen LogP contribution in [0, 0.1) is 16.0 Å². The quantitative estimate of drug-likeness (QED) is 0.376. The normalized spacial score (nSPS) is 21.6. The zero-order valence-electron chi connectivity index (χ0n) is 21.4. The van der Waals surface area contributed by atoms with Gasteiger partial charge < -0.3 is 20.7 Å². The van der Waals surface area contributed by atoms with E-state index in [0.29, 0.717) is 12.5 Å². The van der Waals surface area contributed by atoms with Gasteiger partial charge in [0.05, 0.1) is 4.92 Å². The largest absolute Gasteiger partial charge is 0.573 e. The third-order valence-electron chi connectivity index (χ3n) is 7.37. The molecule has 208 valence electrons. The van der Waals surface area contributed by atoms with Crippen LogP contribution in [0.25, 0.3) is 0 Å². The van der Waals surface area contributed by atoms with Crippen molar-refractivity contribution in [2.24, 2.45) is 5.92 Å². The molecule has 0 unspecified atom stereocenters. The molecule has 2 heterocycles. The second kappa shape index (κ2) is 12.1. The first-order valence-electron chi connectivity index (χ1n) is 12.9. The third-order valence-corrected chi connectivity index (χ3v) is 7.37. The van der Waals surface area contributed by atoms with Gasteiger partial charge in [-0.15, -0.1) is 13.2 Å². The molecule has 1 aromatic carbocycles. The van der Waals surface area contributed by atoms with Crippen LogP contribution >= 0.6 is 0 Å². The highest BCUT2D eigenvalue weighted by Crippen LogP contribution is 2.34. The van der Waals surface area contributed by atoms with Crippen LogP contribution in [0.2, 0.25) is 0 Å². The lowest BCUT2D eigenvalue weighted by molar-refractivity contribution is -0.385. The molecule has 13 heteroatoms. The first-order chi connectivity index (χ1) is 18.1. The van der Waals surface area contributed by atoms with E-state index in [1.807, 2.05) is 0 Å². The van der Waals surface area contributed by atoms with Gasteiger partial charge in [-0.3, -0.25) is 15.0 Å². The van der Waals surface area contributed by atoms with E-state index in [-0.39, 0.29) is 46.9 Å². The first kappa shape index (κ1) is 27.8. The molecule has 38 heavy (non-hydrogen) atoms. The maximum absolute atomic E-state index is 12.7. The van der Waals surface area contributed by atoms with Crippen molar-refractivity contribution < 1.29 is 22.8 Å². The van der Waals surface area contributed by atoms with Gasteiger partial charge in [-0.05, 0) is 70.6 Å². The fourth-order valence-corrected chi connectivity index (χ4v) is 5.41. The molecule has 1 saturated heterocycles. The van der Waals surface area contributed by atoms with Crippen molar-refractivity contribution in [3.63, 3.8) is 0 Å². The van der Waals surface area contributed by atoms with E-state index < -0.39 is 11.3 Å². The molecule has 0 amide bonds. The van der Waals surface area contributed by atoms with Crippen molar-refractivity contribution in [2.45, 2.75) is 57.5 Å². The average molecular weight is 538 g/mol. The molecule has 1 saturated carbocycles. The number of likely N-dealkylation sites (N-methyl/N-ethyl adjacent to an activating group) is 1. The second-order valence-corrected chi connectivity index (χ2v) is 10.1. The summed E-state index contributed by atoms with van der Waals surface area (Å²) >= 11 is 0. The minimum Gasteiger partial charge on any atom is -0.405 e. The Hall–Kier alpha value is -3.19. The van der Waals surface area contributed by atoms with Crippen LogP contribution in [0.15, 0.2) is 24.3 Å². The Morgan fingerprint density at radius 1 is 1.13 bits per heavy atom. The van der Waals surface area contributed by atoms with Crippen LogP contribution in [0.1, 0.15) is 43.4 Å². The number of halogens is 3. The number of hydrogen-bond donors (Lipinski definition) is 2. The van der Waals surface area contributed by atoms with E-state index in [1.54, 1.807) is 6.07 Å². The maximum Gasteiger partial charge on any atom is 0.573 e. The molecule has 10 nitrogen and oxygen atoms in total. The van der Waals surface area contributed by atoms with E-state index in [4.69, 9.17) is 5.73 Å². The predicted octanol–water partition coefficient (Wildman–Crippen LogP) is 4.22. The van der Waals surface area contributed by atoms with E-state index >= 15 is 0 Å². The Labute approximate surface area is 219 Å². The monoisotopic (exact) mass is 537 g/mol. The number of aromatic nitrogens is 2. The predicted molar refractivity (Wildman–Crippen MR) is 137 cm³/mol. The van der Waals surface area contributed by atoms with Crippen LogP contribution in [0.4, 0.5) is 30.6 Å². The molecule has 2 aromatic rings. The van der Waals surface area contributed by atoms with Gasteiger partial charge in [-0.2, -0.15) is 4.98 Å². The minimum atomic E-state index is -4.83. The lowest BCUT2D eigenvalue weighted by Crippen LogP contribution is -2.40. The van der Waals surface area contributed by atoms with Crippen LogP contribution in [-0.4, -0.2) is 70.3 Å². The fraction of sp³-hybridized carbons (Fsp3) is 0.600. The molecule has 3 N–H and O–H groups in total. The van der Waals surface area contributed by atoms with Gasteiger partial charge >= 0.3 is 12.0 Å². The van der Waals surface area contributed by atoms with Crippen molar-refractivity contribution >= 4 is 17.5 Å². The van der Waals surface area contributed by atoms with Crippen molar-refractivity contribution in [2.75, 3.05) is 44.3 Å². The Balaban J connectivity index is 1.43. The minimum absolute atomic E-state index is 0.0206. The van der Waals surface area contributed by atoms with Crippen LogP contribution in [0.5, 0.6) is 5.75 Å². The SMILES string of the molecule is CN1CCCN([C@H]2CC[C@H](Cc3nc(NCc4ccccc4OC(F)(F)F)nc(N)c3[N+](=O)[O-])CC2)CC1. The molecule has 1 aromatic heterocycles. The van der Waals surface area contributed by atoms with Crippen LogP contribution < -0.4 is 15.8 Å². The summed E-state index contributed by atoms with van der Waals surface area (Å²) in [5.41, 5.74) is 6.10. The zero-order chi connectivity index (χ0) is 27.3. The zero-order valence-corrected chi connectivity index (χ0v) is 21.4. The van der Waals surface area contributed by atoms with E-state index in [2.05, 4.69) is 36.9 Å². The van der Waals surface area contributed by atoms with E-state index in [1.165, 1.54) is 18.2 Å². The number of nitrogens with zero attached hydrogens (tertiary/aromatic N) is 5. The summed E-state index contributed by atoms with van der Waals surface area (Å²) in [6, 6.07) is 6.23. The summed E-state index contributed by atoms with van der Waals surface area (Å²) in [6.45, 7) is 4.25. The number of nitrogens with one attached hydrogen (secondary N) is 1. The summed E-state index contributed by atoms with van der Waals surface area (Å²) in [7, 11) is 2.15. The lowest BCUT2D eigenvalue weighted by atomic mass is 9.82. The Bertz CT molecular complexity index is 1110. The Morgan fingerprint density at radius 3 is 2.58 bits per heavy atom.